The lowest BCUT2D eigenvalue weighted by Crippen LogP contribution is -2.49. The van der Waals surface area contributed by atoms with Gasteiger partial charge in [0.1, 0.15) is 11.9 Å². The molecular formula is C12H16FN3O. The van der Waals surface area contributed by atoms with Crippen molar-refractivity contribution >= 4 is 5.91 Å². The molecule has 1 aromatic rings. The van der Waals surface area contributed by atoms with Gasteiger partial charge in [-0.2, -0.15) is 0 Å². The number of hydrogen-bond acceptors (Lipinski definition) is 3. The summed E-state index contributed by atoms with van der Waals surface area (Å²) in [5.74, 6) is -0.511. The van der Waals surface area contributed by atoms with Crippen LogP contribution in [0, 0.1) is 5.82 Å². The van der Waals surface area contributed by atoms with Crippen LogP contribution in [-0.2, 0) is 4.79 Å². The first-order valence-corrected chi connectivity index (χ1v) is 5.69. The quantitative estimate of drug-likeness (QED) is 0.775. The number of benzene rings is 1. The maximum Gasteiger partial charge on any atom is 0.244 e. The summed E-state index contributed by atoms with van der Waals surface area (Å²) < 4.78 is 13.0. The number of nitrogens with one attached hydrogen (secondary N) is 1. The van der Waals surface area contributed by atoms with Gasteiger partial charge in [0.15, 0.2) is 0 Å². The van der Waals surface area contributed by atoms with E-state index in [1.165, 1.54) is 12.1 Å². The van der Waals surface area contributed by atoms with Crippen LogP contribution >= 0.6 is 0 Å². The molecule has 2 rings (SSSR count). The molecule has 0 radical (unpaired) electrons. The molecule has 17 heavy (non-hydrogen) atoms. The second-order valence-electron chi connectivity index (χ2n) is 4.11. The molecule has 1 fully saturated rings. The van der Waals surface area contributed by atoms with Crippen LogP contribution in [0.2, 0.25) is 0 Å². The second kappa shape index (κ2) is 5.25. The fraction of sp³-hybridized carbons (Fsp3) is 0.417. The van der Waals surface area contributed by atoms with Crippen molar-refractivity contribution in [2.75, 3.05) is 26.2 Å². The van der Waals surface area contributed by atoms with Crippen molar-refractivity contribution in [1.29, 1.82) is 0 Å². The van der Waals surface area contributed by atoms with E-state index in [-0.39, 0.29) is 11.7 Å². The highest BCUT2D eigenvalue weighted by Crippen LogP contribution is 2.14. The molecule has 1 aliphatic rings. The maximum atomic E-state index is 13.0. The largest absolute Gasteiger partial charge is 0.339 e. The summed E-state index contributed by atoms with van der Waals surface area (Å²) in [7, 11) is 0. The summed E-state index contributed by atoms with van der Waals surface area (Å²) in [5, 5.41) is 3.16. The van der Waals surface area contributed by atoms with Crippen molar-refractivity contribution in [3.63, 3.8) is 0 Å². The molecule has 0 aliphatic carbocycles. The second-order valence-corrected chi connectivity index (χ2v) is 4.11. The molecule has 0 bridgehead atoms. The zero-order valence-electron chi connectivity index (χ0n) is 9.53. The van der Waals surface area contributed by atoms with Gasteiger partial charge in [-0.25, -0.2) is 4.39 Å². The minimum Gasteiger partial charge on any atom is -0.339 e. The highest BCUT2D eigenvalue weighted by Gasteiger charge is 2.23. The molecule has 1 aromatic carbocycles. The summed E-state index contributed by atoms with van der Waals surface area (Å²) in [6.45, 7) is 2.87. The van der Waals surface area contributed by atoms with E-state index in [0.29, 0.717) is 18.7 Å². The third-order valence-electron chi connectivity index (χ3n) is 2.90. The van der Waals surface area contributed by atoms with Gasteiger partial charge in [0.05, 0.1) is 0 Å². The minimum absolute atomic E-state index is 0.142. The van der Waals surface area contributed by atoms with E-state index in [0.717, 1.165) is 13.1 Å². The third kappa shape index (κ3) is 2.81. The molecule has 1 atom stereocenters. The molecule has 3 N–H and O–H groups in total. The lowest BCUT2D eigenvalue weighted by Gasteiger charge is -2.29. The van der Waals surface area contributed by atoms with Crippen LogP contribution in [0.15, 0.2) is 24.3 Å². The minimum atomic E-state index is -0.774. The van der Waals surface area contributed by atoms with E-state index in [4.69, 9.17) is 5.73 Å². The Kier molecular flexibility index (Phi) is 3.71. The van der Waals surface area contributed by atoms with Crippen LogP contribution in [0.4, 0.5) is 4.39 Å². The molecule has 92 valence electrons. The topological polar surface area (TPSA) is 58.4 Å². The van der Waals surface area contributed by atoms with Crippen LogP contribution in [0.5, 0.6) is 0 Å². The SMILES string of the molecule is NC(C(=O)N1CCNCC1)c1cccc(F)c1. The number of carbonyl (C=O) groups is 1. The molecule has 5 heteroatoms. The Morgan fingerprint density at radius 2 is 2.12 bits per heavy atom. The van der Waals surface area contributed by atoms with E-state index < -0.39 is 6.04 Å². The van der Waals surface area contributed by atoms with E-state index in [1.54, 1.807) is 17.0 Å². The molecular weight excluding hydrogens is 221 g/mol. The van der Waals surface area contributed by atoms with Gasteiger partial charge in [-0.05, 0) is 17.7 Å². The number of piperazine rings is 1. The van der Waals surface area contributed by atoms with E-state index in [9.17, 15) is 9.18 Å². The van der Waals surface area contributed by atoms with Crippen molar-refractivity contribution < 1.29 is 9.18 Å². The number of nitrogens with zero attached hydrogens (tertiary/aromatic N) is 1. The van der Waals surface area contributed by atoms with Gasteiger partial charge in [0.2, 0.25) is 5.91 Å². The molecule has 1 amide bonds. The molecule has 4 nitrogen and oxygen atoms in total. The van der Waals surface area contributed by atoms with Gasteiger partial charge in [0.25, 0.3) is 0 Å². The van der Waals surface area contributed by atoms with Gasteiger partial charge < -0.3 is 16.0 Å². The fourth-order valence-electron chi connectivity index (χ4n) is 1.92. The Morgan fingerprint density at radius 1 is 1.41 bits per heavy atom. The summed E-state index contributed by atoms with van der Waals surface area (Å²) in [5.41, 5.74) is 6.38. The normalized spacial score (nSPS) is 17.9. The molecule has 0 aromatic heterocycles. The van der Waals surface area contributed by atoms with Crippen molar-refractivity contribution in [3.05, 3.63) is 35.6 Å². The van der Waals surface area contributed by atoms with E-state index in [2.05, 4.69) is 5.32 Å². The van der Waals surface area contributed by atoms with Crippen LogP contribution in [0.25, 0.3) is 0 Å². The monoisotopic (exact) mass is 237 g/mol. The Labute approximate surface area is 99.6 Å². The summed E-state index contributed by atoms with van der Waals surface area (Å²) in [4.78, 5) is 13.8. The van der Waals surface area contributed by atoms with Crippen molar-refractivity contribution in [2.24, 2.45) is 5.73 Å². The summed E-state index contributed by atoms with van der Waals surface area (Å²) in [6, 6.07) is 5.11. The van der Waals surface area contributed by atoms with Crippen LogP contribution in [0.3, 0.4) is 0 Å². The van der Waals surface area contributed by atoms with Gasteiger partial charge in [-0.15, -0.1) is 0 Å². The molecule has 0 saturated carbocycles. The average molecular weight is 237 g/mol. The predicted octanol–water partition coefficient (Wildman–Crippen LogP) is 0.257. The van der Waals surface area contributed by atoms with Crippen molar-refractivity contribution in [2.45, 2.75) is 6.04 Å². The molecule has 1 heterocycles. The summed E-state index contributed by atoms with van der Waals surface area (Å²) in [6.07, 6.45) is 0. The van der Waals surface area contributed by atoms with Crippen LogP contribution in [0.1, 0.15) is 11.6 Å². The first-order chi connectivity index (χ1) is 8.18. The molecule has 1 saturated heterocycles. The van der Waals surface area contributed by atoms with Gasteiger partial charge in [0, 0.05) is 26.2 Å². The number of carbonyl (C=O) groups excluding carboxylic acids is 1. The molecule has 1 aliphatic heterocycles. The highest BCUT2D eigenvalue weighted by atomic mass is 19.1. The first kappa shape index (κ1) is 12.0. The van der Waals surface area contributed by atoms with E-state index >= 15 is 0 Å². The number of halogens is 1. The zero-order valence-corrected chi connectivity index (χ0v) is 9.53. The first-order valence-electron chi connectivity index (χ1n) is 5.69. The summed E-state index contributed by atoms with van der Waals surface area (Å²) >= 11 is 0. The third-order valence-corrected chi connectivity index (χ3v) is 2.90. The Hall–Kier alpha value is -1.46. The van der Waals surface area contributed by atoms with E-state index in [1.807, 2.05) is 0 Å². The van der Waals surface area contributed by atoms with Gasteiger partial charge in [-0.3, -0.25) is 4.79 Å². The number of amides is 1. The van der Waals surface area contributed by atoms with Crippen LogP contribution in [-0.4, -0.2) is 37.0 Å². The number of rotatable bonds is 2. The predicted molar refractivity (Wildman–Crippen MR) is 62.8 cm³/mol. The Balaban J connectivity index is 2.08. The number of nitrogens with two attached hydrogens (primary N) is 1. The fourth-order valence-corrected chi connectivity index (χ4v) is 1.92. The lowest BCUT2D eigenvalue weighted by molar-refractivity contribution is -0.133. The Bertz CT molecular complexity index is 404. The van der Waals surface area contributed by atoms with Crippen molar-refractivity contribution in [3.8, 4) is 0 Å². The average Bonchev–Trinajstić information content (AvgIpc) is 2.38. The van der Waals surface area contributed by atoms with Crippen LogP contribution < -0.4 is 11.1 Å². The van der Waals surface area contributed by atoms with Gasteiger partial charge >= 0.3 is 0 Å². The lowest BCUT2D eigenvalue weighted by atomic mass is 10.1. The maximum absolute atomic E-state index is 13.0. The standard InChI is InChI=1S/C12H16FN3O/c13-10-3-1-2-9(8-10)11(14)12(17)16-6-4-15-5-7-16/h1-3,8,11,15H,4-7,14H2. The Morgan fingerprint density at radius 3 is 2.76 bits per heavy atom. The smallest absolute Gasteiger partial charge is 0.244 e. The zero-order chi connectivity index (χ0) is 12.3. The highest BCUT2D eigenvalue weighted by molar-refractivity contribution is 5.83. The van der Waals surface area contributed by atoms with Gasteiger partial charge in [-0.1, -0.05) is 12.1 Å². The molecule has 0 spiro atoms. The molecule has 1 unspecified atom stereocenters. The number of hydrogen-bond donors (Lipinski definition) is 2. The van der Waals surface area contributed by atoms with Crippen molar-refractivity contribution in [1.82, 2.24) is 10.2 Å².